The highest BCUT2D eigenvalue weighted by atomic mass is 32.1. The van der Waals surface area contributed by atoms with Crippen molar-refractivity contribution in [3.05, 3.63) is 16.6 Å². The third-order valence-corrected chi connectivity index (χ3v) is 4.28. The molecule has 16 heavy (non-hydrogen) atoms. The maximum atomic E-state index is 12.2. The number of thiazole rings is 1. The summed E-state index contributed by atoms with van der Waals surface area (Å²) in [7, 11) is 1.74. The van der Waals surface area contributed by atoms with Crippen molar-refractivity contribution < 1.29 is 9.53 Å². The van der Waals surface area contributed by atoms with E-state index in [-0.39, 0.29) is 18.1 Å². The Bertz CT molecular complexity index is 393. The van der Waals surface area contributed by atoms with E-state index in [9.17, 15) is 4.79 Å². The molecule has 86 valence electrons. The number of piperidine rings is 1. The number of nitrogens with zero attached hydrogens (tertiary/aromatic N) is 2. The molecule has 1 saturated carbocycles. The number of amides is 1. The Morgan fingerprint density at radius 1 is 1.62 bits per heavy atom. The smallest absolute Gasteiger partial charge is 0.273 e. The second-order valence-electron chi connectivity index (χ2n) is 4.44. The molecule has 5 heteroatoms. The van der Waals surface area contributed by atoms with Crippen molar-refractivity contribution in [1.29, 1.82) is 0 Å². The van der Waals surface area contributed by atoms with Gasteiger partial charge in [-0.05, 0) is 12.8 Å². The number of fused-ring (bicyclic) bond motifs is 2. The highest BCUT2D eigenvalue weighted by molar-refractivity contribution is 7.07. The molecule has 0 spiro atoms. The van der Waals surface area contributed by atoms with Gasteiger partial charge in [0.15, 0.2) is 0 Å². The molecule has 0 N–H and O–H groups in total. The van der Waals surface area contributed by atoms with Crippen LogP contribution in [0.3, 0.4) is 0 Å². The van der Waals surface area contributed by atoms with Crippen molar-refractivity contribution in [3.8, 4) is 0 Å². The summed E-state index contributed by atoms with van der Waals surface area (Å²) in [6.07, 6.45) is 2.49. The zero-order chi connectivity index (χ0) is 11.1. The lowest BCUT2D eigenvalue weighted by Crippen LogP contribution is -2.39. The van der Waals surface area contributed by atoms with Crippen molar-refractivity contribution in [2.24, 2.45) is 5.92 Å². The quantitative estimate of drug-likeness (QED) is 0.782. The standard InChI is InChI=1S/C11H14N2O2S/c1-15-10-7-2-3-9(10)13(4-7)11(14)8-5-16-6-12-8/h5-7,9-10H,2-4H2,1H3/t7-,9+,10-/m0/s1. The average molecular weight is 238 g/mol. The Labute approximate surface area is 98.2 Å². The van der Waals surface area contributed by atoms with Crippen LogP contribution in [0.25, 0.3) is 0 Å². The van der Waals surface area contributed by atoms with Crippen LogP contribution in [-0.4, -0.2) is 41.6 Å². The molecule has 0 unspecified atom stereocenters. The second kappa shape index (κ2) is 3.82. The Balaban J connectivity index is 1.81. The predicted octanol–water partition coefficient (Wildman–Crippen LogP) is 1.39. The van der Waals surface area contributed by atoms with Crippen LogP contribution >= 0.6 is 11.3 Å². The number of ether oxygens (including phenoxy) is 1. The topological polar surface area (TPSA) is 42.4 Å². The largest absolute Gasteiger partial charge is 0.379 e. The molecular formula is C11H14N2O2S. The van der Waals surface area contributed by atoms with Crippen molar-refractivity contribution in [1.82, 2.24) is 9.88 Å². The van der Waals surface area contributed by atoms with Crippen molar-refractivity contribution >= 4 is 17.2 Å². The molecule has 4 nitrogen and oxygen atoms in total. The van der Waals surface area contributed by atoms with Gasteiger partial charge in [0.05, 0.1) is 17.7 Å². The van der Waals surface area contributed by atoms with E-state index in [1.807, 2.05) is 10.3 Å². The fourth-order valence-corrected chi connectivity index (χ4v) is 3.52. The fraction of sp³-hybridized carbons (Fsp3) is 0.636. The van der Waals surface area contributed by atoms with Crippen molar-refractivity contribution in [2.75, 3.05) is 13.7 Å². The van der Waals surface area contributed by atoms with E-state index in [2.05, 4.69) is 4.98 Å². The van der Waals surface area contributed by atoms with Gasteiger partial charge in [0.2, 0.25) is 0 Å². The SMILES string of the molecule is CO[C@H]1[C@H]2CC[C@H]1N(C(=O)c1cscn1)C2. The summed E-state index contributed by atoms with van der Waals surface area (Å²) in [6, 6.07) is 0.268. The summed E-state index contributed by atoms with van der Waals surface area (Å²) in [6.45, 7) is 0.833. The minimum absolute atomic E-state index is 0.0653. The molecule has 3 rings (SSSR count). The van der Waals surface area contributed by atoms with E-state index in [1.54, 1.807) is 12.6 Å². The molecule has 1 aromatic heterocycles. The normalized spacial score (nSPS) is 32.3. The van der Waals surface area contributed by atoms with Crippen LogP contribution in [0.2, 0.25) is 0 Å². The predicted molar refractivity (Wildman–Crippen MR) is 60.5 cm³/mol. The number of aromatic nitrogens is 1. The maximum absolute atomic E-state index is 12.2. The van der Waals surface area contributed by atoms with Gasteiger partial charge in [-0.25, -0.2) is 4.98 Å². The van der Waals surface area contributed by atoms with Gasteiger partial charge >= 0.3 is 0 Å². The highest BCUT2D eigenvalue weighted by Gasteiger charge is 2.49. The Morgan fingerprint density at radius 2 is 2.50 bits per heavy atom. The number of carbonyl (C=O) groups is 1. The van der Waals surface area contributed by atoms with Crippen molar-refractivity contribution in [3.63, 3.8) is 0 Å². The van der Waals surface area contributed by atoms with Crippen LogP contribution < -0.4 is 0 Å². The van der Waals surface area contributed by atoms with Crippen LogP contribution in [0, 0.1) is 5.92 Å². The lowest BCUT2D eigenvalue weighted by molar-refractivity contribution is 0.0542. The first-order valence-corrected chi connectivity index (χ1v) is 6.47. The number of rotatable bonds is 2. The minimum atomic E-state index is 0.0653. The van der Waals surface area contributed by atoms with E-state index in [0.717, 1.165) is 13.0 Å². The number of hydrogen-bond donors (Lipinski definition) is 0. The summed E-state index contributed by atoms with van der Waals surface area (Å²) in [4.78, 5) is 18.2. The third kappa shape index (κ3) is 1.38. The van der Waals surface area contributed by atoms with Crippen molar-refractivity contribution in [2.45, 2.75) is 25.0 Å². The lowest BCUT2D eigenvalue weighted by atomic mass is 10.1. The van der Waals surface area contributed by atoms with Gasteiger partial charge in [0.1, 0.15) is 5.69 Å². The van der Waals surface area contributed by atoms with E-state index in [0.29, 0.717) is 11.6 Å². The van der Waals surface area contributed by atoms with Gasteiger partial charge in [-0.3, -0.25) is 4.79 Å². The van der Waals surface area contributed by atoms with E-state index in [4.69, 9.17) is 4.74 Å². The molecule has 2 aliphatic rings. The van der Waals surface area contributed by atoms with Crippen LogP contribution in [-0.2, 0) is 4.74 Å². The fourth-order valence-electron chi connectivity index (χ4n) is 2.99. The minimum Gasteiger partial charge on any atom is -0.379 e. The van der Waals surface area contributed by atoms with Gasteiger partial charge in [0, 0.05) is 25.0 Å². The highest BCUT2D eigenvalue weighted by Crippen LogP contribution is 2.40. The molecule has 1 amide bonds. The molecule has 2 heterocycles. The molecule has 2 fully saturated rings. The first-order chi connectivity index (χ1) is 7.81. The molecule has 2 bridgehead atoms. The summed E-state index contributed by atoms with van der Waals surface area (Å²) in [5.41, 5.74) is 2.28. The molecule has 0 aromatic carbocycles. The average Bonchev–Trinajstić information content (AvgIpc) is 3.02. The van der Waals surface area contributed by atoms with Crippen LogP contribution in [0.4, 0.5) is 0 Å². The molecular weight excluding hydrogens is 224 g/mol. The number of likely N-dealkylation sites (tertiary alicyclic amines) is 1. The van der Waals surface area contributed by atoms with Gasteiger partial charge in [-0.15, -0.1) is 11.3 Å². The second-order valence-corrected chi connectivity index (χ2v) is 5.15. The molecule has 1 aliphatic carbocycles. The number of methoxy groups -OCH3 is 1. The number of hydrogen-bond acceptors (Lipinski definition) is 4. The van der Waals surface area contributed by atoms with Gasteiger partial charge in [-0.1, -0.05) is 0 Å². The Morgan fingerprint density at radius 3 is 3.12 bits per heavy atom. The monoisotopic (exact) mass is 238 g/mol. The summed E-state index contributed by atoms with van der Waals surface area (Å²) < 4.78 is 5.48. The summed E-state index contributed by atoms with van der Waals surface area (Å²) >= 11 is 1.46. The molecule has 1 saturated heterocycles. The zero-order valence-electron chi connectivity index (χ0n) is 9.13. The Kier molecular flexibility index (Phi) is 2.44. The Hall–Kier alpha value is -0.940. The zero-order valence-corrected chi connectivity index (χ0v) is 9.94. The van der Waals surface area contributed by atoms with Gasteiger partial charge in [-0.2, -0.15) is 0 Å². The molecule has 3 atom stereocenters. The van der Waals surface area contributed by atoms with Crippen LogP contribution in [0.1, 0.15) is 23.3 Å². The van der Waals surface area contributed by atoms with E-state index in [1.165, 1.54) is 17.8 Å². The van der Waals surface area contributed by atoms with Gasteiger partial charge < -0.3 is 9.64 Å². The van der Waals surface area contributed by atoms with Crippen LogP contribution in [0.15, 0.2) is 10.9 Å². The summed E-state index contributed by atoms with van der Waals surface area (Å²) in [5, 5.41) is 1.82. The van der Waals surface area contributed by atoms with Gasteiger partial charge in [0.25, 0.3) is 5.91 Å². The lowest BCUT2D eigenvalue weighted by Gasteiger charge is -2.26. The first kappa shape index (κ1) is 10.2. The number of carbonyl (C=O) groups excluding carboxylic acids is 1. The summed E-state index contributed by atoms with van der Waals surface area (Å²) in [5.74, 6) is 0.591. The first-order valence-electron chi connectivity index (χ1n) is 5.53. The van der Waals surface area contributed by atoms with Crippen LogP contribution in [0.5, 0.6) is 0 Å². The molecule has 0 radical (unpaired) electrons. The maximum Gasteiger partial charge on any atom is 0.273 e. The molecule has 1 aliphatic heterocycles. The third-order valence-electron chi connectivity index (χ3n) is 3.69. The van der Waals surface area contributed by atoms with E-state index < -0.39 is 0 Å². The molecule has 1 aromatic rings. The van der Waals surface area contributed by atoms with E-state index >= 15 is 0 Å².